The van der Waals surface area contributed by atoms with E-state index < -0.39 is 33.0 Å². The van der Waals surface area contributed by atoms with Crippen molar-refractivity contribution < 1.29 is 37.2 Å². The molecule has 0 bridgehead atoms. The lowest BCUT2D eigenvalue weighted by atomic mass is 10.0. The quantitative estimate of drug-likeness (QED) is 0.0259. The van der Waals surface area contributed by atoms with E-state index in [1.807, 2.05) is 0 Å². The van der Waals surface area contributed by atoms with Crippen LogP contribution in [0.2, 0.25) is 5.02 Å². The summed E-state index contributed by atoms with van der Waals surface area (Å²) in [6.45, 7) is 2.25. The zero-order chi connectivity index (χ0) is 45.0. The molecule has 4 amide bonds. The lowest BCUT2D eigenvalue weighted by molar-refractivity contribution is -0.118. The van der Waals surface area contributed by atoms with E-state index in [0.29, 0.717) is 23.5 Å². The summed E-state index contributed by atoms with van der Waals surface area (Å²) >= 11 is 6.20. The van der Waals surface area contributed by atoms with Crippen LogP contribution in [0.5, 0.6) is 17.2 Å². The van der Waals surface area contributed by atoms with Gasteiger partial charge in [-0.05, 0) is 73.2 Å². The topological polar surface area (TPSA) is 211 Å². The Bertz CT molecular complexity index is 2310. The number of amidine groups is 1. The second kappa shape index (κ2) is 24.7. The number of para-hydroxylation sites is 1. The van der Waals surface area contributed by atoms with Crippen LogP contribution in [0.1, 0.15) is 110 Å². The van der Waals surface area contributed by atoms with Crippen LogP contribution in [0.3, 0.4) is 0 Å². The number of phenolic OH excluding ortho intramolecular Hbond substituents is 1. The number of nitrogens with zero attached hydrogens (tertiary/aromatic N) is 4. The SMILES string of the molecule is CCCCCCCCCCCCCCCCCC(=O)Nc1ccc(NC(=O)NC2=NN(c3ccc(Oc4ccccc4)c(S(=O)(=O)O)c3)C(=O)C2N=Nc2ccc(O)cc2Cl)cc1. The number of benzene rings is 4. The van der Waals surface area contributed by atoms with Gasteiger partial charge in [-0.15, -0.1) is 5.10 Å². The van der Waals surface area contributed by atoms with Gasteiger partial charge >= 0.3 is 6.03 Å². The van der Waals surface area contributed by atoms with Crippen molar-refractivity contribution in [2.24, 2.45) is 15.3 Å². The summed E-state index contributed by atoms with van der Waals surface area (Å²) in [5.74, 6) is -1.26. The molecule has 63 heavy (non-hydrogen) atoms. The third-order valence-corrected chi connectivity index (χ3v) is 11.4. The molecule has 1 aliphatic heterocycles. The maximum Gasteiger partial charge on any atom is 0.324 e. The van der Waals surface area contributed by atoms with E-state index in [1.165, 1.54) is 107 Å². The van der Waals surface area contributed by atoms with Gasteiger partial charge in [-0.3, -0.25) is 19.5 Å². The van der Waals surface area contributed by atoms with Crippen molar-refractivity contribution in [1.29, 1.82) is 0 Å². The van der Waals surface area contributed by atoms with E-state index >= 15 is 0 Å². The first kappa shape index (κ1) is 48.2. The van der Waals surface area contributed by atoms with Crippen molar-refractivity contribution in [2.45, 2.75) is 121 Å². The second-order valence-electron chi connectivity index (χ2n) is 15.3. The summed E-state index contributed by atoms with van der Waals surface area (Å²) in [5.41, 5.74) is 0.912. The first-order chi connectivity index (χ1) is 30.4. The predicted molar refractivity (Wildman–Crippen MR) is 246 cm³/mol. The monoisotopic (exact) mass is 901 g/mol. The molecule has 4 aromatic rings. The lowest BCUT2D eigenvalue weighted by Gasteiger charge is -2.15. The zero-order valence-corrected chi connectivity index (χ0v) is 37.0. The molecule has 5 rings (SSSR count). The summed E-state index contributed by atoms with van der Waals surface area (Å²) in [5, 5.41) is 31.0. The predicted octanol–water partition coefficient (Wildman–Crippen LogP) is 11.9. The molecule has 0 aliphatic carbocycles. The fraction of sp³-hybridized carbons (Fsp3) is 0.391. The summed E-state index contributed by atoms with van der Waals surface area (Å²) in [6.07, 6.45) is 19.2. The van der Waals surface area contributed by atoms with Gasteiger partial charge in [-0.1, -0.05) is 127 Å². The van der Waals surface area contributed by atoms with Gasteiger partial charge in [0, 0.05) is 23.9 Å². The molecule has 1 atom stereocenters. The number of amides is 4. The second-order valence-corrected chi connectivity index (χ2v) is 17.1. The molecule has 15 nitrogen and oxygen atoms in total. The van der Waals surface area contributed by atoms with Gasteiger partial charge in [0.05, 0.1) is 10.7 Å². The van der Waals surface area contributed by atoms with Gasteiger partial charge < -0.3 is 20.5 Å². The molecule has 0 saturated heterocycles. The molecular formula is C46H56ClN7O8S. The van der Waals surface area contributed by atoms with Crippen molar-refractivity contribution in [2.75, 3.05) is 15.6 Å². The first-order valence-electron chi connectivity index (χ1n) is 21.6. The van der Waals surface area contributed by atoms with Crippen LogP contribution in [0.15, 0.2) is 111 Å². The molecule has 1 aliphatic rings. The van der Waals surface area contributed by atoms with Crippen molar-refractivity contribution in [3.63, 3.8) is 0 Å². The smallest absolute Gasteiger partial charge is 0.324 e. The lowest BCUT2D eigenvalue weighted by Crippen LogP contribution is -2.41. The molecule has 5 N–H and O–H groups in total. The van der Waals surface area contributed by atoms with Crippen LogP contribution < -0.4 is 25.7 Å². The van der Waals surface area contributed by atoms with Crippen molar-refractivity contribution in [3.05, 3.63) is 96.0 Å². The number of hydrogen-bond donors (Lipinski definition) is 5. The summed E-state index contributed by atoms with van der Waals surface area (Å²) in [4.78, 5) is 39.0. The number of azo groups is 1. The van der Waals surface area contributed by atoms with Gasteiger partial charge in [-0.25, -0.2) is 4.79 Å². The van der Waals surface area contributed by atoms with Crippen LogP contribution in [-0.2, 0) is 19.7 Å². The molecule has 0 spiro atoms. The van der Waals surface area contributed by atoms with Crippen molar-refractivity contribution in [1.82, 2.24) is 5.32 Å². The Labute approximate surface area is 374 Å². The Morgan fingerprint density at radius 2 is 1.35 bits per heavy atom. The number of rotatable bonds is 24. The number of anilines is 3. The first-order valence-corrected chi connectivity index (χ1v) is 23.4. The number of carbonyl (C=O) groups excluding carboxylic acids is 3. The molecule has 336 valence electrons. The minimum absolute atomic E-state index is 0.0294. The molecule has 1 unspecified atom stereocenters. The average Bonchev–Trinajstić information content (AvgIpc) is 3.56. The highest BCUT2D eigenvalue weighted by molar-refractivity contribution is 7.86. The molecule has 0 fully saturated rings. The van der Waals surface area contributed by atoms with Gasteiger partial charge in [0.1, 0.15) is 27.8 Å². The molecule has 0 radical (unpaired) electrons. The Balaban J connectivity index is 1.14. The molecule has 0 aromatic heterocycles. The van der Waals surface area contributed by atoms with E-state index in [2.05, 4.69) is 38.2 Å². The number of phenols is 1. The maximum atomic E-state index is 13.8. The number of unbranched alkanes of at least 4 members (excludes halogenated alkanes) is 14. The van der Waals surface area contributed by atoms with E-state index in [4.69, 9.17) is 16.3 Å². The van der Waals surface area contributed by atoms with Crippen molar-refractivity contribution >= 4 is 68.1 Å². The number of ether oxygens (including phenoxy) is 1. The highest BCUT2D eigenvalue weighted by Crippen LogP contribution is 2.35. The van der Waals surface area contributed by atoms with Crippen LogP contribution in [0, 0.1) is 0 Å². The Hall–Kier alpha value is -5.84. The van der Waals surface area contributed by atoms with Crippen LogP contribution in [0.25, 0.3) is 0 Å². The van der Waals surface area contributed by atoms with Crippen molar-refractivity contribution in [3.8, 4) is 17.2 Å². The van der Waals surface area contributed by atoms with Crippen LogP contribution in [-0.4, -0.2) is 47.8 Å². The summed E-state index contributed by atoms with van der Waals surface area (Å²) < 4.78 is 40.7. The highest BCUT2D eigenvalue weighted by atomic mass is 35.5. The third-order valence-electron chi connectivity index (χ3n) is 10.2. The van der Waals surface area contributed by atoms with E-state index in [9.17, 15) is 32.5 Å². The number of hydrogen-bond acceptors (Lipinski definition) is 10. The number of nitrogens with one attached hydrogen (secondary N) is 3. The average molecular weight is 903 g/mol. The standard InChI is InChI=1S/C46H56ClN7O8S/c1-2-3-4-5-6-7-8-9-10-11-12-13-14-15-19-22-42(56)48-33-23-25-34(26-24-33)49-46(58)50-44-43(52-51-39-29-28-36(55)32-38(39)47)45(57)54(53-44)35-27-30-40(41(31-35)63(59,60)61)62-37-20-17-16-18-21-37/h16-18,20-21,23-32,43,55H,2-15,19,22H2,1H3,(H,48,56)(H,59,60,61)(H2,49,50,53,58). The minimum atomic E-state index is -4.87. The number of hydrazone groups is 1. The molecule has 0 saturated carbocycles. The highest BCUT2D eigenvalue weighted by Gasteiger charge is 2.39. The fourth-order valence-electron chi connectivity index (χ4n) is 6.85. The minimum Gasteiger partial charge on any atom is -0.508 e. The number of halogens is 1. The molecule has 1 heterocycles. The fourth-order valence-corrected chi connectivity index (χ4v) is 7.70. The van der Waals surface area contributed by atoms with Crippen LogP contribution in [0.4, 0.5) is 27.5 Å². The molecule has 17 heteroatoms. The number of carbonyl (C=O) groups is 3. The van der Waals surface area contributed by atoms with E-state index in [0.717, 1.165) is 30.3 Å². The normalized spacial score (nSPS) is 13.9. The molecular weight excluding hydrogens is 846 g/mol. The Kier molecular flexibility index (Phi) is 18.9. The summed E-state index contributed by atoms with van der Waals surface area (Å²) in [7, 11) is -4.87. The largest absolute Gasteiger partial charge is 0.508 e. The third kappa shape index (κ3) is 15.8. The number of urea groups is 1. The Morgan fingerprint density at radius 1 is 0.762 bits per heavy atom. The Morgan fingerprint density at radius 3 is 1.94 bits per heavy atom. The molecule has 4 aromatic carbocycles. The summed E-state index contributed by atoms with van der Waals surface area (Å²) in [6, 6.07) is 19.9. The maximum absolute atomic E-state index is 13.8. The zero-order valence-electron chi connectivity index (χ0n) is 35.5. The van der Waals surface area contributed by atoms with E-state index in [-0.39, 0.29) is 39.6 Å². The van der Waals surface area contributed by atoms with Gasteiger partial charge in [0.25, 0.3) is 16.0 Å². The number of aromatic hydroxyl groups is 1. The van der Waals surface area contributed by atoms with Crippen LogP contribution >= 0.6 is 11.6 Å². The van der Waals surface area contributed by atoms with Gasteiger partial charge in [-0.2, -0.15) is 23.7 Å². The van der Waals surface area contributed by atoms with Gasteiger partial charge in [0.2, 0.25) is 11.9 Å². The van der Waals surface area contributed by atoms with Gasteiger partial charge in [0.15, 0.2) is 5.84 Å². The van der Waals surface area contributed by atoms with E-state index in [1.54, 1.807) is 54.6 Å².